The van der Waals surface area contributed by atoms with Crippen molar-refractivity contribution >= 4 is 5.91 Å². The molecule has 1 saturated carbocycles. The fraction of sp³-hybridized carbons (Fsp3) is 0.909. The number of hydrogen-bond acceptors (Lipinski definition) is 3. The highest BCUT2D eigenvalue weighted by Crippen LogP contribution is 2.18. The van der Waals surface area contributed by atoms with Gasteiger partial charge in [-0.3, -0.25) is 9.69 Å². The van der Waals surface area contributed by atoms with E-state index < -0.39 is 0 Å². The molecule has 0 radical (unpaired) electrons. The molecule has 0 saturated heterocycles. The molecule has 4 nitrogen and oxygen atoms in total. The Morgan fingerprint density at radius 1 is 1.53 bits per heavy atom. The van der Waals surface area contributed by atoms with E-state index in [0.29, 0.717) is 18.6 Å². The third kappa shape index (κ3) is 5.14. The fourth-order valence-electron chi connectivity index (χ4n) is 1.48. The van der Waals surface area contributed by atoms with E-state index in [9.17, 15) is 4.79 Å². The van der Waals surface area contributed by atoms with Crippen molar-refractivity contribution < 1.29 is 9.90 Å². The van der Waals surface area contributed by atoms with Crippen molar-refractivity contribution in [2.75, 3.05) is 19.7 Å². The van der Waals surface area contributed by atoms with Crippen LogP contribution >= 0.6 is 0 Å². The molecule has 88 valence electrons. The van der Waals surface area contributed by atoms with Gasteiger partial charge in [0.25, 0.3) is 0 Å². The molecule has 2 N–H and O–H groups in total. The lowest BCUT2D eigenvalue weighted by molar-refractivity contribution is -0.122. The Morgan fingerprint density at radius 3 is 2.67 bits per heavy atom. The molecular weight excluding hydrogens is 192 g/mol. The minimum absolute atomic E-state index is 0.115. The number of amides is 1. The van der Waals surface area contributed by atoms with Gasteiger partial charge in [0.1, 0.15) is 0 Å². The first kappa shape index (κ1) is 12.5. The minimum Gasteiger partial charge on any atom is -0.396 e. The molecule has 1 aliphatic rings. The summed E-state index contributed by atoms with van der Waals surface area (Å²) >= 11 is 0. The molecule has 0 bridgehead atoms. The van der Waals surface area contributed by atoms with Crippen LogP contribution in [0.1, 0.15) is 33.1 Å². The van der Waals surface area contributed by atoms with Crippen molar-refractivity contribution in [2.24, 2.45) is 0 Å². The van der Waals surface area contributed by atoms with E-state index in [1.807, 2.05) is 0 Å². The van der Waals surface area contributed by atoms with Crippen LogP contribution in [-0.2, 0) is 4.79 Å². The Bertz CT molecular complexity index is 203. The summed E-state index contributed by atoms with van der Waals surface area (Å²) in [6.45, 7) is 5.57. The molecule has 15 heavy (non-hydrogen) atoms. The lowest BCUT2D eigenvalue weighted by atomic mass is 10.3. The van der Waals surface area contributed by atoms with Crippen molar-refractivity contribution in [3.05, 3.63) is 0 Å². The number of carbonyl (C=O) groups excluding carboxylic acids is 1. The lowest BCUT2D eigenvalue weighted by Crippen LogP contribution is -2.42. The third-order valence-corrected chi connectivity index (χ3v) is 2.62. The molecule has 1 amide bonds. The summed E-state index contributed by atoms with van der Waals surface area (Å²) in [5, 5.41) is 11.7. The summed E-state index contributed by atoms with van der Waals surface area (Å²) in [6, 6.07) is 0.783. The number of rotatable bonds is 7. The molecule has 0 aromatic carbocycles. The molecule has 0 heterocycles. The van der Waals surface area contributed by atoms with E-state index in [2.05, 4.69) is 24.1 Å². The second-order valence-electron chi connectivity index (χ2n) is 4.48. The molecule has 0 aliphatic heterocycles. The second kappa shape index (κ2) is 6.08. The topological polar surface area (TPSA) is 52.6 Å². The number of nitrogens with zero attached hydrogens (tertiary/aromatic N) is 1. The predicted molar refractivity (Wildman–Crippen MR) is 59.6 cm³/mol. The van der Waals surface area contributed by atoms with Crippen LogP contribution in [0.4, 0.5) is 0 Å². The summed E-state index contributed by atoms with van der Waals surface area (Å²) in [6.07, 6.45) is 2.99. The molecule has 0 aromatic rings. The molecule has 0 atom stereocenters. The molecule has 0 unspecified atom stereocenters. The number of nitrogens with one attached hydrogen (secondary N) is 1. The van der Waals surface area contributed by atoms with Gasteiger partial charge in [-0.25, -0.2) is 0 Å². The zero-order valence-electron chi connectivity index (χ0n) is 9.70. The average Bonchev–Trinajstić information content (AvgIpc) is 2.95. The second-order valence-corrected chi connectivity index (χ2v) is 4.48. The summed E-state index contributed by atoms with van der Waals surface area (Å²) in [5.74, 6) is 0.115. The van der Waals surface area contributed by atoms with Crippen LogP contribution in [0.3, 0.4) is 0 Å². The standard InChI is InChI=1S/C11H22N2O2/c1-9(2)13(6-3-7-14)8-11(15)12-10-4-5-10/h9-10,14H,3-8H2,1-2H3,(H,12,15). The van der Waals surface area contributed by atoms with Crippen LogP contribution in [0.15, 0.2) is 0 Å². The first-order valence-corrected chi connectivity index (χ1v) is 5.77. The summed E-state index contributed by atoms with van der Waals surface area (Å²) in [5.41, 5.74) is 0. The lowest BCUT2D eigenvalue weighted by Gasteiger charge is -2.25. The summed E-state index contributed by atoms with van der Waals surface area (Å²) in [4.78, 5) is 13.6. The van der Waals surface area contributed by atoms with Gasteiger partial charge in [0.2, 0.25) is 5.91 Å². The molecule has 1 fully saturated rings. The van der Waals surface area contributed by atoms with Crippen LogP contribution in [-0.4, -0.2) is 47.7 Å². The Labute approximate surface area is 91.6 Å². The van der Waals surface area contributed by atoms with E-state index in [4.69, 9.17) is 5.11 Å². The van der Waals surface area contributed by atoms with E-state index in [1.165, 1.54) is 0 Å². The SMILES string of the molecule is CC(C)N(CCCO)CC(=O)NC1CC1. The van der Waals surface area contributed by atoms with Gasteiger partial charge in [-0.05, 0) is 33.1 Å². The maximum atomic E-state index is 11.6. The van der Waals surface area contributed by atoms with Crippen molar-refractivity contribution in [1.29, 1.82) is 0 Å². The zero-order valence-corrected chi connectivity index (χ0v) is 9.70. The van der Waals surface area contributed by atoms with Crippen LogP contribution in [0.5, 0.6) is 0 Å². The van der Waals surface area contributed by atoms with Crippen molar-refractivity contribution in [2.45, 2.75) is 45.2 Å². The normalized spacial score (nSPS) is 16.1. The number of carbonyl (C=O) groups is 1. The fourth-order valence-corrected chi connectivity index (χ4v) is 1.48. The Hall–Kier alpha value is -0.610. The summed E-state index contributed by atoms with van der Waals surface area (Å²) in [7, 11) is 0. The van der Waals surface area contributed by atoms with Gasteiger partial charge in [-0.2, -0.15) is 0 Å². The van der Waals surface area contributed by atoms with Crippen LogP contribution in [0.25, 0.3) is 0 Å². The maximum absolute atomic E-state index is 11.6. The van der Waals surface area contributed by atoms with Gasteiger partial charge in [0, 0.05) is 25.2 Å². The van der Waals surface area contributed by atoms with Crippen molar-refractivity contribution in [1.82, 2.24) is 10.2 Å². The highest BCUT2D eigenvalue weighted by molar-refractivity contribution is 5.78. The third-order valence-electron chi connectivity index (χ3n) is 2.62. The highest BCUT2D eigenvalue weighted by atomic mass is 16.3. The van der Waals surface area contributed by atoms with Crippen molar-refractivity contribution in [3.63, 3.8) is 0 Å². The van der Waals surface area contributed by atoms with E-state index in [0.717, 1.165) is 25.8 Å². The number of hydrogen-bond donors (Lipinski definition) is 2. The minimum atomic E-state index is 0.115. The van der Waals surface area contributed by atoms with Crippen LogP contribution in [0, 0.1) is 0 Å². The van der Waals surface area contributed by atoms with Gasteiger partial charge < -0.3 is 10.4 Å². The van der Waals surface area contributed by atoms with Gasteiger partial charge in [-0.15, -0.1) is 0 Å². The van der Waals surface area contributed by atoms with E-state index >= 15 is 0 Å². The van der Waals surface area contributed by atoms with E-state index in [1.54, 1.807) is 0 Å². The number of aliphatic hydroxyl groups excluding tert-OH is 1. The number of aliphatic hydroxyl groups is 1. The Balaban J connectivity index is 2.24. The van der Waals surface area contributed by atoms with Crippen LogP contribution < -0.4 is 5.32 Å². The van der Waals surface area contributed by atoms with Gasteiger partial charge in [-0.1, -0.05) is 0 Å². The largest absolute Gasteiger partial charge is 0.396 e. The molecular formula is C11H22N2O2. The molecule has 0 spiro atoms. The van der Waals surface area contributed by atoms with Crippen molar-refractivity contribution in [3.8, 4) is 0 Å². The van der Waals surface area contributed by atoms with Crippen LogP contribution in [0.2, 0.25) is 0 Å². The molecule has 1 aliphatic carbocycles. The van der Waals surface area contributed by atoms with E-state index in [-0.39, 0.29) is 12.5 Å². The van der Waals surface area contributed by atoms with Gasteiger partial charge in [0.15, 0.2) is 0 Å². The van der Waals surface area contributed by atoms with Gasteiger partial charge in [0.05, 0.1) is 6.54 Å². The highest BCUT2D eigenvalue weighted by Gasteiger charge is 2.24. The summed E-state index contributed by atoms with van der Waals surface area (Å²) < 4.78 is 0. The Kier molecular flexibility index (Phi) is 5.05. The Morgan fingerprint density at radius 2 is 2.20 bits per heavy atom. The molecule has 4 heteroatoms. The smallest absolute Gasteiger partial charge is 0.234 e. The monoisotopic (exact) mass is 214 g/mol. The molecule has 1 rings (SSSR count). The quantitative estimate of drug-likeness (QED) is 0.643. The average molecular weight is 214 g/mol. The van der Waals surface area contributed by atoms with Gasteiger partial charge >= 0.3 is 0 Å². The molecule has 0 aromatic heterocycles. The zero-order chi connectivity index (χ0) is 11.3. The predicted octanol–water partition coefficient (Wildman–Crippen LogP) is 0.358. The first-order valence-electron chi connectivity index (χ1n) is 5.77. The maximum Gasteiger partial charge on any atom is 0.234 e. The first-order chi connectivity index (χ1) is 7.13.